The first-order chi connectivity index (χ1) is 10.1. The van der Waals surface area contributed by atoms with Gasteiger partial charge < -0.3 is 15.2 Å². The van der Waals surface area contributed by atoms with Crippen molar-refractivity contribution < 1.29 is 19.4 Å². The molecule has 2 rings (SSSR count). The molecular formula is C15H19NO4S. The molecule has 0 spiro atoms. The topological polar surface area (TPSA) is 75.6 Å². The van der Waals surface area contributed by atoms with E-state index in [1.54, 1.807) is 6.07 Å². The summed E-state index contributed by atoms with van der Waals surface area (Å²) >= 11 is 1.53. The Labute approximate surface area is 128 Å². The largest absolute Gasteiger partial charge is 0.484 e. The van der Waals surface area contributed by atoms with Crippen LogP contribution >= 0.6 is 11.8 Å². The molecule has 2 N–H and O–H groups in total. The number of hydrogen-bond donors (Lipinski definition) is 2. The Kier molecular flexibility index (Phi) is 5.12. The summed E-state index contributed by atoms with van der Waals surface area (Å²) in [5, 5.41) is 11.9. The molecule has 21 heavy (non-hydrogen) atoms. The molecule has 1 heterocycles. The molecule has 0 aromatic heterocycles. The first-order valence-electron chi connectivity index (χ1n) is 6.89. The van der Waals surface area contributed by atoms with E-state index < -0.39 is 17.4 Å². The van der Waals surface area contributed by atoms with Gasteiger partial charge in [-0.2, -0.15) is 11.8 Å². The number of amides is 1. The summed E-state index contributed by atoms with van der Waals surface area (Å²) in [7, 11) is 0. The fraction of sp³-hybridized carbons (Fsp3) is 0.467. The first kappa shape index (κ1) is 15.7. The van der Waals surface area contributed by atoms with Gasteiger partial charge in [-0.15, -0.1) is 0 Å². The molecular weight excluding hydrogens is 290 g/mol. The van der Waals surface area contributed by atoms with E-state index in [-0.39, 0.29) is 6.61 Å². The van der Waals surface area contributed by atoms with Crippen molar-refractivity contribution in [2.45, 2.75) is 25.3 Å². The number of aryl methyl sites for hydroxylation is 1. The number of carboxylic acids is 1. The Hall–Kier alpha value is -1.69. The van der Waals surface area contributed by atoms with Gasteiger partial charge in [-0.3, -0.25) is 4.79 Å². The number of aliphatic carboxylic acids is 1. The molecule has 1 amide bonds. The van der Waals surface area contributed by atoms with Gasteiger partial charge in [0.2, 0.25) is 0 Å². The highest BCUT2D eigenvalue weighted by atomic mass is 32.2. The number of carbonyl (C=O) groups excluding carboxylic acids is 1. The second-order valence-electron chi connectivity index (χ2n) is 5.03. The lowest BCUT2D eigenvalue weighted by atomic mass is 9.99. The van der Waals surface area contributed by atoms with Crippen LogP contribution in [0.1, 0.15) is 18.9 Å². The third-order valence-corrected chi connectivity index (χ3v) is 4.68. The quantitative estimate of drug-likeness (QED) is 0.836. The zero-order valence-electron chi connectivity index (χ0n) is 11.9. The predicted octanol–water partition coefficient (Wildman–Crippen LogP) is 1.70. The Morgan fingerprint density at radius 3 is 2.90 bits per heavy atom. The van der Waals surface area contributed by atoms with Gasteiger partial charge in [0.05, 0.1) is 0 Å². The van der Waals surface area contributed by atoms with Gasteiger partial charge in [-0.25, -0.2) is 4.79 Å². The monoisotopic (exact) mass is 309 g/mol. The molecule has 1 fully saturated rings. The van der Waals surface area contributed by atoms with Crippen LogP contribution in [0.2, 0.25) is 0 Å². The molecule has 0 radical (unpaired) electrons. The number of benzene rings is 1. The van der Waals surface area contributed by atoms with E-state index in [4.69, 9.17) is 4.74 Å². The number of nitrogens with one attached hydrogen (secondary N) is 1. The Bertz CT molecular complexity index is 526. The molecule has 0 bridgehead atoms. The van der Waals surface area contributed by atoms with Gasteiger partial charge in [0, 0.05) is 5.75 Å². The molecule has 0 saturated carbocycles. The minimum atomic E-state index is -1.14. The summed E-state index contributed by atoms with van der Waals surface area (Å²) in [5.74, 6) is 0.385. The van der Waals surface area contributed by atoms with Crippen LogP contribution in [0.5, 0.6) is 5.75 Å². The smallest absolute Gasteiger partial charge is 0.330 e. The molecule has 1 aliphatic heterocycles. The molecule has 6 heteroatoms. The molecule has 5 nitrogen and oxygen atoms in total. The van der Waals surface area contributed by atoms with Gasteiger partial charge in [0.1, 0.15) is 11.3 Å². The molecule has 1 aliphatic rings. The third kappa shape index (κ3) is 3.91. The molecule has 1 aromatic rings. The van der Waals surface area contributed by atoms with E-state index in [1.807, 2.05) is 25.1 Å². The zero-order valence-corrected chi connectivity index (χ0v) is 12.7. The molecule has 0 aliphatic carbocycles. The van der Waals surface area contributed by atoms with E-state index in [1.165, 1.54) is 11.8 Å². The Morgan fingerprint density at radius 1 is 1.48 bits per heavy atom. The maximum Gasteiger partial charge on any atom is 0.330 e. The van der Waals surface area contributed by atoms with Crippen LogP contribution in [0.3, 0.4) is 0 Å². The second-order valence-corrected chi connectivity index (χ2v) is 6.13. The van der Waals surface area contributed by atoms with Crippen LogP contribution < -0.4 is 10.1 Å². The van der Waals surface area contributed by atoms with Gasteiger partial charge in [0.25, 0.3) is 5.91 Å². The molecule has 1 aromatic carbocycles. The van der Waals surface area contributed by atoms with Crippen LogP contribution in [-0.2, 0) is 16.0 Å². The fourth-order valence-electron chi connectivity index (χ4n) is 2.19. The lowest BCUT2D eigenvalue weighted by Crippen LogP contribution is -2.55. The summed E-state index contributed by atoms with van der Waals surface area (Å²) in [4.78, 5) is 23.3. The summed E-state index contributed by atoms with van der Waals surface area (Å²) < 4.78 is 5.43. The lowest BCUT2D eigenvalue weighted by Gasteiger charge is -2.24. The number of hydrogen-bond acceptors (Lipinski definition) is 4. The molecule has 114 valence electrons. The average Bonchev–Trinajstić information content (AvgIpc) is 2.95. The van der Waals surface area contributed by atoms with Crippen molar-refractivity contribution >= 4 is 23.6 Å². The van der Waals surface area contributed by atoms with Crippen molar-refractivity contribution in [2.24, 2.45) is 0 Å². The second kappa shape index (κ2) is 6.85. The van der Waals surface area contributed by atoms with Crippen molar-refractivity contribution in [3.63, 3.8) is 0 Å². The molecule has 1 unspecified atom stereocenters. The Balaban J connectivity index is 1.91. The van der Waals surface area contributed by atoms with Crippen molar-refractivity contribution in [2.75, 3.05) is 18.1 Å². The normalized spacial score (nSPS) is 21.0. The highest BCUT2D eigenvalue weighted by Crippen LogP contribution is 2.28. The van der Waals surface area contributed by atoms with Crippen LogP contribution in [0.15, 0.2) is 24.3 Å². The first-order valence-corrected chi connectivity index (χ1v) is 8.05. The van der Waals surface area contributed by atoms with Crippen molar-refractivity contribution in [3.05, 3.63) is 29.8 Å². The van der Waals surface area contributed by atoms with Crippen molar-refractivity contribution in [1.82, 2.24) is 5.32 Å². The SMILES string of the molecule is CCc1cccc(OCC(=O)NC2(C(=O)O)CCSC2)c1. The summed E-state index contributed by atoms with van der Waals surface area (Å²) in [6, 6.07) is 7.52. The number of rotatable bonds is 6. The number of carbonyl (C=O) groups is 2. The maximum atomic E-state index is 11.9. The minimum absolute atomic E-state index is 0.174. The number of ether oxygens (including phenoxy) is 1. The highest BCUT2D eigenvalue weighted by Gasteiger charge is 2.43. The fourth-order valence-corrected chi connectivity index (χ4v) is 3.52. The van der Waals surface area contributed by atoms with Gasteiger partial charge in [-0.05, 0) is 36.3 Å². The van der Waals surface area contributed by atoms with E-state index in [9.17, 15) is 14.7 Å². The molecule has 1 saturated heterocycles. The van der Waals surface area contributed by atoms with Crippen LogP contribution in [0.25, 0.3) is 0 Å². The predicted molar refractivity (Wildman–Crippen MR) is 81.8 cm³/mol. The Morgan fingerprint density at radius 2 is 2.29 bits per heavy atom. The summed E-state index contributed by atoms with van der Waals surface area (Å²) in [6.07, 6.45) is 1.34. The number of thioether (sulfide) groups is 1. The van der Waals surface area contributed by atoms with E-state index >= 15 is 0 Å². The van der Waals surface area contributed by atoms with Crippen LogP contribution in [0.4, 0.5) is 0 Å². The minimum Gasteiger partial charge on any atom is -0.484 e. The van der Waals surface area contributed by atoms with Gasteiger partial charge >= 0.3 is 5.97 Å². The van der Waals surface area contributed by atoms with Crippen molar-refractivity contribution in [1.29, 1.82) is 0 Å². The summed E-state index contributed by atoms with van der Waals surface area (Å²) in [5.41, 5.74) is -0.0155. The third-order valence-electron chi connectivity index (χ3n) is 3.49. The van der Waals surface area contributed by atoms with Crippen LogP contribution in [-0.4, -0.2) is 40.6 Å². The lowest BCUT2D eigenvalue weighted by molar-refractivity contribution is -0.146. The zero-order chi connectivity index (χ0) is 15.3. The van der Waals surface area contributed by atoms with E-state index in [2.05, 4.69) is 5.32 Å². The highest BCUT2D eigenvalue weighted by molar-refractivity contribution is 7.99. The van der Waals surface area contributed by atoms with E-state index in [0.717, 1.165) is 17.7 Å². The maximum absolute atomic E-state index is 11.9. The average molecular weight is 309 g/mol. The van der Waals surface area contributed by atoms with Gasteiger partial charge in [0.15, 0.2) is 6.61 Å². The molecule has 1 atom stereocenters. The summed E-state index contributed by atoms with van der Waals surface area (Å²) in [6.45, 7) is 1.87. The van der Waals surface area contributed by atoms with Crippen LogP contribution in [0, 0.1) is 0 Å². The van der Waals surface area contributed by atoms with Gasteiger partial charge in [-0.1, -0.05) is 19.1 Å². The van der Waals surface area contributed by atoms with Crippen molar-refractivity contribution in [3.8, 4) is 5.75 Å². The number of carboxylic acid groups (broad SMARTS) is 1. The standard InChI is InChI=1S/C15H19NO4S/c1-2-11-4-3-5-12(8-11)20-9-13(17)16-15(14(18)19)6-7-21-10-15/h3-5,8H,2,6-7,9-10H2,1H3,(H,16,17)(H,18,19). The van der Waals surface area contributed by atoms with E-state index in [0.29, 0.717) is 17.9 Å².